The lowest BCUT2D eigenvalue weighted by atomic mass is 10.1. The fraction of sp³-hybridized carbons (Fsp3) is 0.350. The molecule has 0 saturated carbocycles. The normalized spacial score (nSPS) is 10.7. The molecule has 0 radical (unpaired) electrons. The van der Waals surface area contributed by atoms with Gasteiger partial charge in [-0.15, -0.1) is 21.5 Å². The number of unbranched alkanes of at least 4 members (excludes halogenated alkanes) is 2. The summed E-state index contributed by atoms with van der Waals surface area (Å²) >= 11 is 3.51. The molecule has 3 rings (SSSR count). The molecule has 0 fully saturated rings. The molecule has 0 amide bonds. The van der Waals surface area contributed by atoms with E-state index in [1.165, 1.54) is 10.4 Å². The van der Waals surface area contributed by atoms with Gasteiger partial charge in [-0.25, -0.2) is 0 Å². The summed E-state index contributed by atoms with van der Waals surface area (Å²) in [5.41, 5.74) is 1.33. The van der Waals surface area contributed by atoms with Gasteiger partial charge in [0.1, 0.15) is 5.82 Å². The van der Waals surface area contributed by atoms with Crippen molar-refractivity contribution in [3.8, 4) is 6.07 Å². The molecule has 0 N–H and O–H groups in total. The highest BCUT2D eigenvalue weighted by Gasteiger charge is 2.13. The molecule has 0 aliphatic rings. The number of hydrogen-bond donors (Lipinski definition) is 0. The zero-order chi connectivity index (χ0) is 18.0. The van der Waals surface area contributed by atoms with Crippen molar-refractivity contribution in [2.24, 2.45) is 0 Å². The summed E-state index contributed by atoms with van der Waals surface area (Å²) in [5, 5.41) is 20.6. The zero-order valence-electron chi connectivity index (χ0n) is 14.7. The minimum absolute atomic E-state index is 0.630. The molecular weight excluding hydrogens is 360 g/mol. The third kappa shape index (κ3) is 5.45. The summed E-state index contributed by atoms with van der Waals surface area (Å²) < 4.78 is 2.27. The Kier molecular flexibility index (Phi) is 7.29. The second-order valence-electron chi connectivity index (χ2n) is 6.01. The molecule has 0 aliphatic carbocycles. The van der Waals surface area contributed by atoms with Crippen LogP contribution in [0.25, 0.3) is 0 Å². The number of hydrogen-bond acceptors (Lipinski definition) is 5. The fourth-order valence-corrected chi connectivity index (χ4v) is 4.39. The zero-order valence-corrected chi connectivity index (χ0v) is 16.3. The molecule has 134 valence electrons. The second-order valence-corrected chi connectivity index (χ2v) is 8.10. The van der Waals surface area contributed by atoms with E-state index in [-0.39, 0.29) is 0 Å². The van der Waals surface area contributed by atoms with Crippen LogP contribution < -0.4 is 0 Å². The molecule has 1 aromatic carbocycles. The highest BCUT2D eigenvalue weighted by Crippen LogP contribution is 2.22. The molecule has 0 unspecified atom stereocenters. The number of aromatic nitrogens is 3. The quantitative estimate of drug-likeness (QED) is 0.367. The lowest BCUT2D eigenvalue weighted by molar-refractivity contribution is 0.609. The van der Waals surface area contributed by atoms with E-state index in [0.29, 0.717) is 6.42 Å². The first-order chi connectivity index (χ1) is 12.9. The monoisotopic (exact) mass is 382 g/mol. The van der Waals surface area contributed by atoms with Crippen LogP contribution in [0.2, 0.25) is 0 Å². The average Bonchev–Trinajstić information content (AvgIpc) is 3.31. The molecule has 6 heteroatoms. The van der Waals surface area contributed by atoms with Gasteiger partial charge in [0.2, 0.25) is 0 Å². The largest absolute Gasteiger partial charge is 0.305 e. The Morgan fingerprint density at radius 3 is 2.73 bits per heavy atom. The standard InChI is InChI=1S/C20H22N4S2/c21-12-5-2-6-14-26-20-23-22-19(16-18-10-7-15-25-18)24(20)13-11-17-8-3-1-4-9-17/h1,3-4,7-10,15H,2,5-6,11,13-14,16H2. The Bertz CT molecular complexity index is 819. The van der Waals surface area contributed by atoms with Crippen LogP contribution in [-0.4, -0.2) is 20.5 Å². The van der Waals surface area contributed by atoms with E-state index in [0.717, 1.165) is 49.0 Å². The van der Waals surface area contributed by atoms with E-state index in [2.05, 4.69) is 62.6 Å². The average molecular weight is 383 g/mol. The Balaban J connectivity index is 1.68. The number of thiophene rings is 1. The fourth-order valence-electron chi connectivity index (χ4n) is 2.71. The predicted octanol–water partition coefficient (Wildman–Crippen LogP) is 4.96. The molecule has 0 saturated heterocycles. The third-order valence-electron chi connectivity index (χ3n) is 4.09. The summed E-state index contributed by atoms with van der Waals surface area (Å²) in [6.07, 6.45) is 4.41. The number of aryl methyl sites for hydroxylation is 1. The van der Waals surface area contributed by atoms with Crippen LogP contribution in [0.4, 0.5) is 0 Å². The van der Waals surface area contributed by atoms with Crippen molar-refractivity contribution in [1.82, 2.24) is 14.8 Å². The summed E-state index contributed by atoms with van der Waals surface area (Å²) in [7, 11) is 0. The lowest BCUT2D eigenvalue weighted by Crippen LogP contribution is -2.08. The summed E-state index contributed by atoms with van der Waals surface area (Å²) in [5.74, 6) is 2.01. The van der Waals surface area contributed by atoms with E-state index < -0.39 is 0 Å². The second kappa shape index (κ2) is 10.1. The molecule has 0 aliphatic heterocycles. The van der Waals surface area contributed by atoms with Crippen LogP contribution in [0.15, 0.2) is 53.0 Å². The molecule has 4 nitrogen and oxygen atoms in total. The minimum Gasteiger partial charge on any atom is -0.305 e. The summed E-state index contributed by atoms with van der Waals surface area (Å²) in [4.78, 5) is 1.31. The molecule has 0 bridgehead atoms. The maximum atomic E-state index is 8.65. The van der Waals surface area contributed by atoms with Crippen LogP contribution in [0.5, 0.6) is 0 Å². The van der Waals surface area contributed by atoms with Crippen molar-refractivity contribution >= 4 is 23.1 Å². The van der Waals surface area contributed by atoms with Crippen LogP contribution in [-0.2, 0) is 19.4 Å². The van der Waals surface area contributed by atoms with Crippen LogP contribution in [0.3, 0.4) is 0 Å². The van der Waals surface area contributed by atoms with Crippen molar-refractivity contribution in [2.75, 3.05) is 5.75 Å². The van der Waals surface area contributed by atoms with E-state index in [4.69, 9.17) is 5.26 Å². The van der Waals surface area contributed by atoms with Gasteiger partial charge in [-0.05, 0) is 36.3 Å². The molecule has 3 aromatic rings. The van der Waals surface area contributed by atoms with Crippen molar-refractivity contribution in [3.05, 3.63) is 64.1 Å². The topological polar surface area (TPSA) is 54.5 Å². The summed E-state index contributed by atoms with van der Waals surface area (Å²) in [6.45, 7) is 0.887. The smallest absolute Gasteiger partial charge is 0.191 e. The van der Waals surface area contributed by atoms with Gasteiger partial charge < -0.3 is 4.57 Å². The number of nitriles is 1. The van der Waals surface area contributed by atoms with Crippen molar-refractivity contribution < 1.29 is 0 Å². The Morgan fingerprint density at radius 2 is 1.96 bits per heavy atom. The Hall–Kier alpha value is -2.10. The van der Waals surface area contributed by atoms with Gasteiger partial charge in [0, 0.05) is 30.0 Å². The van der Waals surface area contributed by atoms with E-state index >= 15 is 0 Å². The van der Waals surface area contributed by atoms with Gasteiger partial charge in [-0.2, -0.15) is 5.26 Å². The maximum absolute atomic E-state index is 8.65. The van der Waals surface area contributed by atoms with Gasteiger partial charge in [-0.3, -0.25) is 0 Å². The molecule has 2 aromatic heterocycles. The predicted molar refractivity (Wildman–Crippen MR) is 107 cm³/mol. The van der Waals surface area contributed by atoms with Gasteiger partial charge in [0.15, 0.2) is 5.16 Å². The van der Waals surface area contributed by atoms with Crippen LogP contribution >= 0.6 is 23.1 Å². The first-order valence-electron chi connectivity index (χ1n) is 8.85. The summed E-state index contributed by atoms with van der Waals surface area (Å²) in [6, 6.07) is 17.0. The molecule has 0 spiro atoms. The minimum atomic E-state index is 0.630. The van der Waals surface area contributed by atoms with Gasteiger partial charge >= 0.3 is 0 Å². The van der Waals surface area contributed by atoms with Gasteiger partial charge in [0.25, 0.3) is 0 Å². The van der Waals surface area contributed by atoms with Crippen LogP contribution in [0.1, 0.15) is 35.5 Å². The number of benzene rings is 1. The van der Waals surface area contributed by atoms with E-state index in [1.54, 1.807) is 23.1 Å². The molecule has 26 heavy (non-hydrogen) atoms. The van der Waals surface area contributed by atoms with Crippen LogP contribution in [0, 0.1) is 11.3 Å². The molecule has 0 atom stereocenters. The highest BCUT2D eigenvalue weighted by atomic mass is 32.2. The lowest BCUT2D eigenvalue weighted by Gasteiger charge is -2.10. The van der Waals surface area contributed by atoms with Gasteiger partial charge in [-0.1, -0.05) is 48.2 Å². The Morgan fingerprint density at radius 1 is 1.08 bits per heavy atom. The van der Waals surface area contributed by atoms with E-state index in [9.17, 15) is 0 Å². The first-order valence-corrected chi connectivity index (χ1v) is 10.7. The third-order valence-corrected chi connectivity index (χ3v) is 6.02. The number of nitrogens with zero attached hydrogens (tertiary/aromatic N) is 4. The maximum Gasteiger partial charge on any atom is 0.191 e. The van der Waals surface area contributed by atoms with Crippen molar-refractivity contribution in [2.45, 2.75) is 43.8 Å². The SMILES string of the molecule is N#CCCCCSc1nnc(Cc2cccs2)n1CCc1ccccc1. The first kappa shape index (κ1) is 18.7. The molecule has 2 heterocycles. The Labute approximate surface area is 162 Å². The highest BCUT2D eigenvalue weighted by molar-refractivity contribution is 7.99. The van der Waals surface area contributed by atoms with Gasteiger partial charge in [0.05, 0.1) is 6.07 Å². The number of rotatable bonds is 10. The van der Waals surface area contributed by atoms with Crippen molar-refractivity contribution in [3.63, 3.8) is 0 Å². The number of thioether (sulfide) groups is 1. The van der Waals surface area contributed by atoms with Crippen molar-refractivity contribution in [1.29, 1.82) is 5.26 Å². The molecular formula is C20H22N4S2. The van der Waals surface area contributed by atoms with E-state index in [1.807, 2.05) is 6.07 Å².